The predicted octanol–water partition coefficient (Wildman–Crippen LogP) is 2.22. The fourth-order valence-corrected chi connectivity index (χ4v) is 2.43. The summed E-state index contributed by atoms with van der Waals surface area (Å²) >= 11 is 3.46. The van der Waals surface area contributed by atoms with Gasteiger partial charge in [-0.1, -0.05) is 34.1 Å². The van der Waals surface area contributed by atoms with Crippen LogP contribution in [0.25, 0.3) is 0 Å². The maximum atomic E-state index is 5.48. The van der Waals surface area contributed by atoms with E-state index in [1.807, 2.05) is 18.2 Å². The maximum Gasteiger partial charge on any atom is 0.166 e. The first-order valence-corrected chi connectivity index (χ1v) is 5.84. The second-order valence-electron chi connectivity index (χ2n) is 3.38. The molecule has 1 aliphatic heterocycles. The van der Waals surface area contributed by atoms with Gasteiger partial charge in [-0.3, -0.25) is 0 Å². The Morgan fingerprint density at radius 2 is 2.13 bits per heavy atom. The molecule has 0 N–H and O–H groups in total. The largest absolute Gasteiger partial charge is 0.360 e. The lowest BCUT2D eigenvalue weighted by Crippen LogP contribution is -2.50. The molecule has 1 aromatic carbocycles. The van der Waals surface area contributed by atoms with Crippen LogP contribution in [-0.4, -0.2) is 31.5 Å². The summed E-state index contributed by atoms with van der Waals surface area (Å²) in [6.45, 7) is 1.56. The van der Waals surface area contributed by atoms with Gasteiger partial charge in [0.2, 0.25) is 0 Å². The van der Waals surface area contributed by atoms with Gasteiger partial charge in [-0.05, 0) is 12.1 Å². The Hall–Kier alpha value is -0.580. The van der Waals surface area contributed by atoms with E-state index in [2.05, 4.69) is 33.0 Å². The van der Waals surface area contributed by atoms with Gasteiger partial charge in [0.25, 0.3) is 0 Å². The zero-order chi connectivity index (χ0) is 10.7. The van der Waals surface area contributed by atoms with Gasteiger partial charge in [0.05, 0.1) is 6.61 Å². The van der Waals surface area contributed by atoms with Crippen molar-refractivity contribution in [3.05, 3.63) is 30.3 Å². The van der Waals surface area contributed by atoms with E-state index < -0.39 is 0 Å². The number of hydrogen-bond acceptors (Lipinski definition) is 3. The number of halogens is 1. The van der Waals surface area contributed by atoms with Crippen LogP contribution in [0.2, 0.25) is 0 Å². The fourth-order valence-electron chi connectivity index (χ4n) is 1.74. The van der Waals surface area contributed by atoms with Gasteiger partial charge in [0, 0.05) is 19.3 Å². The predicted molar refractivity (Wildman–Crippen MR) is 63.3 cm³/mol. The lowest BCUT2D eigenvalue weighted by molar-refractivity contribution is -0.0341. The maximum absolute atomic E-state index is 5.48. The lowest BCUT2D eigenvalue weighted by atomic mass is 10.2. The van der Waals surface area contributed by atoms with Crippen molar-refractivity contribution in [3.63, 3.8) is 0 Å². The molecule has 0 aliphatic carbocycles. The molecule has 0 spiro atoms. The second-order valence-corrected chi connectivity index (χ2v) is 4.28. The molecule has 2 unspecified atom stereocenters. The molecule has 1 fully saturated rings. The van der Waals surface area contributed by atoms with E-state index in [1.54, 1.807) is 7.11 Å². The smallest absolute Gasteiger partial charge is 0.166 e. The summed E-state index contributed by atoms with van der Waals surface area (Å²) in [6.07, 6.45) is -0.0684. The number of para-hydroxylation sites is 1. The highest BCUT2D eigenvalue weighted by Gasteiger charge is 2.30. The minimum absolute atomic E-state index is 0.0684. The third kappa shape index (κ3) is 2.33. The molecular weight excluding hydrogens is 258 g/mol. The molecule has 0 aromatic heterocycles. The van der Waals surface area contributed by atoms with Crippen molar-refractivity contribution in [2.24, 2.45) is 0 Å². The van der Waals surface area contributed by atoms with Crippen molar-refractivity contribution in [2.75, 3.05) is 25.2 Å². The third-order valence-corrected chi connectivity index (χ3v) is 3.19. The van der Waals surface area contributed by atoms with Crippen LogP contribution in [0.5, 0.6) is 0 Å². The summed E-state index contributed by atoms with van der Waals surface area (Å²) in [4.78, 5) is 2.20. The minimum Gasteiger partial charge on any atom is -0.360 e. The van der Waals surface area contributed by atoms with E-state index in [0.717, 1.165) is 12.2 Å². The molecule has 0 bridgehead atoms. The van der Waals surface area contributed by atoms with E-state index >= 15 is 0 Å². The summed E-state index contributed by atoms with van der Waals surface area (Å²) in [5, 5.41) is -0.0727. The van der Waals surface area contributed by atoms with Crippen molar-refractivity contribution < 1.29 is 9.47 Å². The molecule has 0 radical (unpaired) electrons. The van der Waals surface area contributed by atoms with Crippen LogP contribution in [0.4, 0.5) is 5.69 Å². The normalized spacial score (nSPS) is 26.7. The summed E-state index contributed by atoms with van der Waals surface area (Å²) in [7, 11) is 1.70. The van der Waals surface area contributed by atoms with Gasteiger partial charge >= 0.3 is 0 Å². The number of methoxy groups -OCH3 is 1. The molecule has 15 heavy (non-hydrogen) atoms. The highest BCUT2D eigenvalue weighted by molar-refractivity contribution is 9.09. The van der Waals surface area contributed by atoms with E-state index in [0.29, 0.717) is 6.61 Å². The topological polar surface area (TPSA) is 21.7 Å². The zero-order valence-corrected chi connectivity index (χ0v) is 10.2. The Bertz CT molecular complexity index is 307. The Morgan fingerprint density at radius 3 is 2.80 bits per heavy atom. The average Bonchev–Trinajstić information content (AvgIpc) is 2.30. The lowest BCUT2D eigenvalue weighted by Gasteiger charge is -2.39. The van der Waals surface area contributed by atoms with Gasteiger partial charge in [-0.15, -0.1) is 0 Å². The standard InChI is InChI=1S/C11H14BrNO2/c1-14-11-10(12)15-8-7-13(11)9-5-3-2-4-6-9/h2-6,10-11H,7-8H2,1H3. The molecule has 0 amide bonds. The number of anilines is 1. The fraction of sp³-hybridized carbons (Fsp3) is 0.455. The molecular formula is C11H14BrNO2. The van der Waals surface area contributed by atoms with E-state index in [4.69, 9.17) is 9.47 Å². The molecule has 0 saturated carbocycles. The summed E-state index contributed by atoms with van der Waals surface area (Å²) in [6, 6.07) is 10.2. The Kier molecular flexibility index (Phi) is 3.61. The van der Waals surface area contributed by atoms with Crippen molar-refractivity contribution >= 4 is 21.6 Å². The minimum atomic E-state index is -0.0727. The molecule has 3 nitrogen and oxygen atoms in total. The monoisotopic (exact) mass is 271 g/mol. The van der Waals surface area contributed by atoms with Gasteiger partial charge in [-0.2, -0.15) is 0 Å². The number of morpholine rings is 1. The first-order chi connectivity index (χ1) is 7.33. The summed E-state index contributed by atoms with van der Waals surface area (Å²) < 4.78 is 10.9. The quantitative estimate of drug-likeness (QED) is 0.770. The van der Waals surface area contributed by atoms with Crippen molar-refractivity contribution in [2.45, 2.75) is 11.2 Å². The number of ether oxygens (including phenoxy) is 2. The second kappa shape index (κ2) is 4.96. The molecule has 4 heteroatoms. The van der Waals surface area contributed by atoms with Gasteiger partial charge in [0.15, 0.2) is 11.2 Å². The number of nitrogens with zero attached hydrogens (tertiary/aromatic N) is 1. The summed E-state index contributed by atoms with van der Waals surface area (Å²) in [5.74, 6) is 0. The SMILES string of the molecule is COC1C(Br)OCCN1c1ccccc1. The highest BCUT2D eigenvalue weighted by atomic mass is 79.9. The number of benzene rings is 1. The Balaban J connectivity index is 2.19. The molecule has 1 heterocycles. The third-order valence-electron chi connectivity index (χ3n) is 2.47. The molecule has 1 saturated heterocycles. The van der Waals surface area contributed by atoms with E-state index in [1.165, 1.54) is 0 Å². The van der Waals surface area contributed by atoms with Gasteiger partial charge in [-0.25, -0.2) is 0 Å². The zero-order valence-electron chi connectivity index (χ0n) is 8.60. The number of hydrogen-bond donors (Lipinski definition) is 0. The number of rotatable bonds is 2. The summed E-state index contributed by atoms with van der Waals surface area (Å²) in [5.41, 5.74) is 1.16. The average molecular weight is 272 g/mol. The van der Waals surface area contributed by atoms with Gasteiger partial charge in [0.1, 0.15) is 0 Å². The van der Waals surface area contributed by atoms with Crippen LogP contribution in [0, 0.1) is 0 Å². The first-order valence-electron chi connectivity index (χ1n) is 4.93. The molecule has 82 valence electrons. The van der Waals surface area contributed by atoms with E-state index in [-0.39, 0.29) is 11.2 Å². The Labute approximate surface area is 98.1 Å². The van der Waals surface area contributed by atoms with Crippen LogP contribution in [-0.2, 0) is 9.47 Å². The van der Waals surface area contributed by atoms with Crippen LogP contribution in [0.1, 0.15) is 0 Å². The Morgan fingerprint density at radius 1 is 1.40 bits per heavy atom. The highest BCUT2D eigenvalue weighted by Crippen LogP contribution is 2.25. The van der Waals surface area contributed by atoms with Crippen molar-refractivity contribution in [1.82, 2.24) is 0 Å². The van der Waals surface area contributed by atoms with Gasteiger partial charge < -0.3 is 14.4 Å². The number of alkyl halides is 1. The van der Waals surface area contributed by atoms with Crippen molar-refractivity contribution in [1.29, 1.82) is 0 Å². The van der Waals surface area contributed by atoms with Crippen LogP contribution >= 0.6 is 15.9 Å². The van der Waals surface area contributed by atoms with Crippen LogP contribution in [0.15, 0.2) is 30.3 Å². The molecule has 2 atom stereocenters. The molecule has 1 aliphatic rings. The van der Waals surface area contributed by atoms with Crippen LogP contribution in [0.3, 0.4) is 0 Å². The van der Waals surface area contributed by atoms with E-state index in [9.17, 15) is 0 Å². The van der Waals surface area contributed by atoms with Crippen LogP contribution < -0.4 is 4.90 Å². The first kappa shape index (κ1) is 10.9. The molecule has 1 aromatic rings. The molecule has 2 rings (SSSR count). The van der Waals surface area contributed by atoms with Crippen molar-refractivity contribution in [3.8, 4) is 0 Å².